The van der Waals surface area contributed by atoms with Crippen molar-refractivity contribution >= 4 is 15.8 Å². The highest BCUT2D eigenvalue weighted by Gasteiger charge is 2.52. The Labute approximate surface area is 184 Å². The fraction of sp³-hybridized carbons (Fsp3) is 0.480. The third-order valence-electron chi connectivity index (χ3n) is 6.73. The number of hydrogen-bond donors (Lipinski definition) is 0. The summed E-state index contributed by atoms with van der Waals surface area (Å²) in [5, 5.41) is 0. The smallest absolute Gasteiger partial charge is 0.308 e. The molecule has 0 amide bonds. The predicted molar refractivity (Wildman–Crippen MR) is 120 cm³/mol. The van der Waals surface area contributed by atoms with Crippen molar-refractivity contribution in [2.75, 3.05) is 7.11 Å². The number of benzene rings is 1. The van der Waals surface area contributed by atoms with Crippen LogP contribution in [0.4, 0.5) is 4.39 Å². The molecule has 0 spiro atoms. The van der Waals surface area contributed by atoms with E-state index in [1.165, 1.54) is 19.2 Å². The highest BCUT2D eigenvalue weighted by molar-refractivity contribution is 7.96. The molecule has 0 N–H and O–H groups in total. The molecule has 1 atom stereocenters. The monoisotopic (exact) mass is 446 g/mol. The molecule has 1 aromatic carbocycles. The Morgan fingerprint density at radius 2 is 1.97 bits per heavy atom. The van der Waals surface area contributed by atoms with E-state index in [2.05, 4.69) is 6.58 Å². The Kier molecular flexibility index (Phi) is 6.89. The van der Waals surface area contributed by atoms with Crippen molar-refractivity contribution in [3.05, 3.63) is 70.4 Å². The number of methoxy groups -OCH3 is 1. The summed E-state index contributed by atoms with van der Waals surface area (Å²) >= 11 is 0. The zero-order valence-corrected chi connectivity index (χ0v) is 19.3. The van der Waals surface area contributed by atoms with Crippen molar-refractivity contribution in [2.45, 2.75) is 57.1 Å². The highest BCUT2D eigenvalue weighted by atomic mass is 32.2. The lowest BCUT2D eigenvalue weighted by Gasteiger charge is -2.42. The summed E-state index contributed by atoms with van der Waals surface area (Å²) in [5.41, 5.74) is 2.38. The van der Waals surface area contributed by atoms with Crippen LogP contribution < -0.4 is 0 Å². The van der Waals surface area contributed by atoms with Crippen LogP contribution in [-0.4, -0.2) is 21.5 Å². The van der Waals surface area contributed by atoms with Crippen molar-refractivity contribution in [3.8, 4) is 0 Å². The molecule has 0 heterocycles. The molecular formula is C25H31FO4S. The maximum atomic E-state index is 14.4. The first-order chi connectivity index (χ1) is 14.7. The number of halogens is 1. The minimum absolute atomic E-state index is 0.151. The number of allylic oxidation sites excluding steroid dienone is 5. The number of hydrogen-bond acceptors (Lipinski definition) is 4. The summed E-state index contributed by atoms with van der Waals surface area (Å²) in [6.45, 7) is 7.69. The van der Waals surface area contributed by atoms with Crippen LogP contribution in [0.5, 0.6) is 0 Å². The van der Waals surface area contributed by atoms with Gasteiger partial charge >= 0.3 is 5.97 Å². The van der Waals surface area contributed by atoms with Gasteiger partial charge in [0.05, 0.1) is 13.0 Å². The number of ether oxygens (including phenoxy) is 1. The van der Waals surface area contributed by atoms with Gasteiger partial charge in [-0.3, -0.25) is 4.79 Å². The van der Waals surface area contributed by atoms with Gasteiger partial charge in [0, 0.05) is 4.91 Å². The Hall–Kier alpha value is -2.21. The lowest BCUT2D eigenvalue weighted by Crippen LogP contribution is -2.43. The summed E-state index contributed by atoms with van der Waals surface area (Å²) in [6, 6.07) is 4.38. The van der Waals surface area contributed by atoms with E-state index >= 15 is 0 Å². The quantitative estimate of drug-likeness (QED) is 0.434. The van der Waals surface area contributed by atoms with E-state index in [9.17, 15) is 17.6 Å². The number of sulfone groups is 1. The zero-order chi connectivity index (χ0) is 22.8. The molecule has 2 aliphatic carbocycles. The second kappa shape index (κ2) is 9.11. The van der Waals surface area contributed by atoms with Gasteiger partial charge in [-0.15, -0.1) is 6.58 Å². The van der Waals surface area contributed by atoms with Crippen molar-refractivity contribution in [1.82, 2.24) is 0 Å². The highest BCUT2D eigenvalue weighted by Crippen LogP contribution is 2.51. The van der Waals surface area contributed by atoms with Gasteiger partial charge in [0.15, 0.2) is 9.84 Å². The Morgan fingerprint density at radius 3 is 2.55 bits per heavy atom. The van der Waals surface area contributed by atoms with Crippen LogP contribution >= 0.6 is 0 Å². The molecule has 1 saturated carbocycles. The van der Waals surface area contributed by atoms with E-state index in [4.69, 9.17) is 4.74 Å². The largest absolute Gasteiger partial charge is 0.469 e. The minimum Gasteiger partial charge on any atom is -0.469 e. The SMILES string of the molecule is C=CCc1ccc(F)cc1C1(S(=O)(=O)C2=CC=C(C)CC2C)CCC(C(=O)OC)CC1. The lowest BCUT2D eigenvalue weighted by molar-refractivity contribution is -0.146. The molecule has 4 nitrogen and oxygen atoms in total. The van der Waals surface area contributed by atoms with Crippen molar-refractivity contribution < 1.29 is 22.3 Å². The van der Waals surface area contributed by atoms with Crippen LogP contribution in [0.3, 0.4) is 0 Å². The average Bonchev–Trinajstić information content (AvgIpc) is 2.74. The van der Waals surface area contributed by atoms with Crippen LogP contribution in [0.15, 0.2) is 53.5 Å². The molecule has 0 radical (unpaired) electrons. The van der Waals surface area contributed by atoms with Crippen LogP contribution in [-0.2, 0) is 30.5 Å². The molecule has 2 aliphatic rings. The Balaban J connectivity index is 2.19. The third kappa shape index (κ3) is 4.27. The number of esters is 1. The van der Waals surface area contributed by atoms with Crippen LogP contribution in [0.25, 0.3) is 0 Å². The topological polar surface area (TPSA) is 60.4 Å². The van der Waals surface area contributed by atoms with Gasteiger partial charge in [-0.25, -0.2) is 12.8 Å². The second-order valence-corrected chi connectivity index (χ2v) is 11.0. The summed E-state index contributed by atoms with van der Waals surface area (Å²) in [4.78, 5) is 12.5. The normalized spacial score (nSPS) is 26.6. The van der Waals surface area contributed by atoms with E-state index in [1.54, 1.807) is 18.2 Å². The summed E-state index contributed by atoms with van der Waals surface area (Å²) in [5.74, 6) is -1.28. The van der Waals surface area contributed by atoms with Gasteiger partial charge in [-0.05, 0) is 80.7 Å². The Morgan fingerprint density at radius 1 is 1.29 bits per heavy atom. The molecule has 1 unspecified atom stereocenters. The predicted octanol–water partition coefficient (Wildman–Crippen LogP) is 5.40. The van der Waals surface area contributed by atoms with E-state index < -0.39 is 20.4 Å². The molecule has 0 saturated heterocycles. The van der Waals surface area contributed by atoms with Crippen molar-refractivity contribution in [2.24, 2.45) is 11.8 Å². The summed E-state index contributed by atoms with van der Waals surface area (Å²) in [6.07, 6.45) is 7.64. The second-order valence-electron chi connectivity index (χ2n) is 8.78. The lowest BCUT2D eigenvalue weighted by atomic mass is 9.76. The van der Waals surface area contributed by atoms with Crippen molar-refractivity contribution in [3.63, 3.8) is 0 Å². The molecule has 31 heavy (non-hydrogen) atoms. The molecule has 0 aliphatic heterocycles. The Bertz CT molecular complexity index is 1030. The van der Waals surface area contributed by atoms with Crippen molar-refractivity contribution in [1.29, 1.82) is 0 Å². The molecule has 0 bridgehead atoms. The fourth-order valence-corrected chi connectivity index (χ4v) is 7.66. The first-order valence-electron chi connectivity index (χ1n) is 10.8. The van der Waals surface area contributed by atoms with E-state index in [0.717, 1.165) is 11.1 Å². The molecule has 1 fully saturated rings. The van der Waals surface area contributed by atoms with Crippen LogP contribution in [0.1, 0.15) is 57.1 Å². The van der Waals surface area contributed by atoms with Crippen LogP contribution in [0, 0.1) is 17.7 Å². The number of carbonyl (C=O) groups is 1. The molecule has 6 heteroatoms. The molecular weight excluding hydrogens is 415 g/mol. The number of carbonyl (C=O) groups excluding carboxylic acids is 1. The maximum absolute atomic E-state index is 14.4. The van der Waals surface area contributed by atoms with Gasteiger partial charge in [0.2, 0.25) is 0 Å². The average molecular weight is 447 g/mol. The standard InChI is InChI=1S/C25H31FO4S/c1-5-6-19-8-9-21(26)16-22(19)25(13-11-20(12-14-25)24(27)30-4)31(28,29)23-10-7-17(2)15-18(23)3/h5,7-10,16,18,20H,1,6,11-15H2,2-4H3. The molecule has 3 rings (SSSR count). The van der Waals surface area contributed by atoms with E-state index in [0.29, 0.717) is 36.2 Å². The van der Waals surface area contributed by atoms with Crippen LogP contribution in [0.2, 0.25) is 0 Å². The third-order valence-corrected chi connectivity index (χ3v) is 9.54. The van der Waals surface area contributed by atoms with Gasteiger partial charge in [-0.1, -0.05) is 30.7 Å². The first-order valence-corrected chi connectivity index (χ1v) is 12.2. The maximum Gasteiger partial charge on any atom is 0.308 e. The summed E-state index contributed by atoms with van der Waals surface area (Å²) < 4.78 is 46.5. The molecule has 168 valence electrons. The van der Waals surface area contributed by atoms with E-state index in [-0.39, 0.29) is 30.6 Å². The van der Waals surface area contributed by atoms with Gasteiger partial charge in [-0.2, -0.15) is 0 Å². The molecule has 1 aromatic rings. The minimum atomic E-state index is -3.82. The number of rotatable bonds is 6. The fourth-order valence-electron chi connectivity index (χ4n) is 5.10. The van der Waals surface area contributed by atoms with Gasteiger partial charge in [0.1, 0.15) is 10.6 Å². The first kappa shape index (κ1) is 23.5. The van der Waals surface area contributed by atoms with Gasteiger partial charge in [0.25, 0.3) is 0 Å². The molecule has 0 aromatic heterocycles. The summed E-state index contributed by atoms with van der Waals surface area (Å²) in [7, 11) is -2.48. The van der Waals surface area contributed by atoms with Gasteiger partial charge < -0.3 is 4.74 Å². The van der Waals surface area contributed by atoms with E-state index in [1.807, 2.05) is 19.9 Å². The zero-order valence-electron chi connectivity index (χ0n) is 18.5.